The molecule has 17 heavy (non-hydrogen) atoms. The average Bonchev–Trinajstić information content (AvgIpc) is 2.29. The molecular weight excluding hydrogens is 214 g/mol. The summed E-state index contributed by atoms with van der Waals surface area (Å²) in [5.41, 5.74) is 0. The maximum absolute atomic E-state index is 12.1. The lowest BCUT2D eigenvalue weighted by Crippen LogP contribution is -2.47. The van der Waals surface area contributed by atoms with Gasteiger partial charge in [0.25, 0.3) is 0 Å². The molecule has 4 atom stereocenters. The number of carbonyl (C=O) groups is 1. The molecule has 2 aliphatic rings. The summed E-state index contributed by atoms with van der Waals surface area (Å²) in [6.07, 6.45) is 7.06. The Morgan fingerprint density at radius 2 is 2.00 bits per heavy atom. The zero-order chi connectivity index (χ0) is 12.3. The van der Waals surface area contributed by atoms with Gasteiger partial charge in [0.05, 0.1) is 0 Å². The molecule has 2 rings (SSSR count). The van der Waals surface area contributed by atoms with Gasteiger partial charge in [-0.25, -0.2) is 0 Å². The van der Waals surface area contributed by atoms with Crippen LogP contribution in [-0.4, -0.2) is 24.7 Å². The molecule has 0 bridgehead atoms. The van der Waals surface area contributed by atoms with Gasteiger partial charge in [0.15, 0.2) is 0 Å². The summed E-state index contributed by atoms with van der Waals surface area (Å²) in [6.45, 7) is 5.34. The second-order valence-corrected chi connectivity index (χ2v) is 5.88. The van der Waals surface area contributed by atoms with Gasteiger partial charge in [-0.3, -0.25) is 4.79 Å². The molecule has 1 saturated carbocycles. The van der Waals surface area contributed by atoms with Crippen LogP contribution in [0.15, 0.2) is 0 Å². The fraction of sp³-hybridized carbons (Fsp3) is 0.929. The molecule has 0 aromatic carbocycles. The van der Waals surface area contributed by atoms with Gasteiger partial charge >= 0.3 is 5.97 Å². The molecule has 0 aromatic heterocycles. The maximum atomic E-state index is 12.1. The number of piperidine rings is 1. The van der Waals surface area contributed by atoms with Crippen LogP contribution in [0.2, 0.25) is 0 Å². The Kier molecular flexibility index (Phi) is 4.43. The van der Waals surface area contributed by atoms with E-state index in [1.54, 1.807) is 0 Å². The van der Waals surface area contributed by atoms with E-state index in [4.69, 9.17) is 4.74 Å². The van der Waals surface area contributed by atoms with E-state index in [2.05, 4.69) is 19.2 Å². The molecule has 3 heteroatoms. The minimum atomic E-state index is -0.0685. The van der Waals surface area contributed by atoms with Gasteiger partial charge in [0.1, 0.15) is 12.1 Å². The summed E-state index contributed by atoms with van der Waals surface area (Å²) in [6, 6.07) is -0.0685. The molecule has 1 aliphatic carbocycles. The monoisotopic (exact) mass is 239 g/mol. The van der Waals surface area contributed by atoms with Gasteiger partial charge in [-0.15, -0.1) is 0 Å². The number of carbonyl (C=O) groups excluding carboxylic acids is 1. The lowest BCUT2D eigenvalue weighted by atomic mass is 9.88. The van der Waals surface area contributed by atoms with Crippen molar-refractivity contribution in [3.63, 3.8) is 0 Å². The molecule has 98 valence electrons. The Hall–Kier alpha value is -0.570. The molecule has 2 fully saturated rings. The van der Waals surface area contributed by atoms with Crippen LogP contribution in [-0.2, 0) is 9.53 Å². The van der Waals surface area contributed by atoms with Gasteiger partial charge in [0, 0.05) is 0 Å². The summed E-state index contributed by atoms with van der Waals surface area (Å²) < 4.78 is 5.67. The lowest BCUT2D eigenvalue weighted by Gasteiger charge is -2.32. The van der Waals surface area contributed by atoms with E-state index in [0.717, 1.165) is 25.8 Å². The van der Waals surface area contributed by atoms with Crippen molar-refractivity contribution in [2.75, 3.05) is 6.54 Å². The van der Waals surface area contributed by atoms with Crippen molar-refractivity contribution in [2.24, 2.45) is 11.8 Å². The number of esters is 1. The summed E-state index contributed by atoms with van der Waals surface area (Å²) in [7, 11) is 0. The maximum Gasteiger partial charge on any atom is 0.323 e. The highest BCUT2D eigenvalue weighted by atomic mass is 16.5. The molecule has 0 amide bonds. The quantitative estimate of drug-likeness (QED) is 0.752. The molecule has 0 radical (unpaired) electrons. The predicted octanol–water partition coefficient (Wildman–Crippen LogP) is 2.50. The highest BCUT2D eigenvalue weighted by Gasteiger charge is 2.31. The van der Waals surface area contributed by atoms with E-state index in [1.165, 1.54) is 19.3 Å². The number of nitrogens with one attached hydrogen (secondary N) is 1. The Morgan fingerprint density at radius 1 is 1.18 bits per heavy atom. The molecule has 4 unspecified atom stereocenters. The van der Waals surface area contributed by atoms with E-state index in [0.29, 0.717) is 11.8 Å². The lowest BCUT2D eigenvalue weighted by molar-refractivity contribution is -0.155. The average molecular weight is 239 g/mol. The minimum Gasteiger partial charge on any atom is -0.461 e. The normalized spacial score (nSPS) is 38.7. The Bertz CT molecular complexity index is 267. The highest BCUT2D eigenvalue weighted by Crippen LogP contribution is 2.27. The van der Waals surface area contributed by atoms with Crippen molar-refractivity contribution in [3.8, 4) is 0 Å². The number of rotatable bonds is 2. The van der Waals surface area contributed by atoms with Crippen molar-refractivity contribution in [3.05, 3.63) is 0 Å². The third-order valence-corrected chi connectivity index (χ3v) is 4.19. The molecule has 1 heterocycles. The first kappa shape index (κ1) is 12.9. The molecule has 3 nitrogen and oxygen atoms in total. The fourth-order valence-electron chi connectivity index (χ4n) is 3.09. The van der Waals surface area contributed by atoms with Gasteiger partial charge in [-0.2, -0.15) is 0 Å². The topological polar surface area (TPSA) is 38.3 Å². The van der Waals surface area contributed by atoms with Gasteiger partial charge in [-0.1, -0.05) is 20.3 Å². The molecule has 0 aromatic rings. The first-order valence-electron chi connectivity index (χ1n) is 7.10. The first-order valence-corrected chi connectivity index (χ1v) is 7.10. The van der Waals surface area contributed by atoms with E-state index in [9.17, 15) is 4.79 Å². The van der Waals surface area contributed by atoms with Crippen LogP contribution in [0.5, 0.6) is 0 Å². The number of hydrogen-bond donors (Lipinski definition) is 1. The van der Waals surface area contributed by atoms with Crippen molar-refractivity contribution >= 4 is 5.97 Å². The molecular formula is C14H25NO2. The van der Waals surface area contributed by atoms with Crippen molar-refractivity contribution in [1.82, 2.24) is 5.32 Å². The van der Waals surface area contributed by atoms with Crippen molar-refractivity contribution in [1.29, 1.82) is 0 Å². The Morgan fingerprint density at radius 3 is 2.71 bits per heavy atom. The minimum absolute atomic E-state index is 0.0173. The van der Waals surface area contributed by atoms with Crippen LogP contribution < -0.4 is 5.32 Å². The molecule has 1 aliphatic heterocycles. The third kappa shape index (κ3) is 3.44. The summed E-state index contributed by atoms with van der Waals surface area (Å²) in [5.74, 6) is 1.10. The van der Waals surface area contributed by atoms with Gasteiger partial charge in [-0.05, 0) is 50.5 Å². The second-order valence-electron chi connectivity index (χ2n) is 5.88. The number of ether oxygens (including phenoxy) is 1. The smallest absolute Gasteiger partial charge is 0.323 e. The van der Waals surface area contributed by atoms with Crippen molar-refractivity contribution in [2.45, 2.75) is 64.5 Å². The molecule has 0 spiro atoms. The van der Waals surface area contributed by atoms with E-state index in [-0.39, 0.29) is 18.1 Å². The van der Waals surface area contributed by atoms with Crippen LogP contribution in [0.25, 0.3) is 0 Å². The standard InChI is InChI=1S/C14H25NO2/c1-10-5-3-7-12(9-10)17-14(16)13-11(2)6-4-8-15-13/h10-13,15H,3-9H2,1-2H3. The largest absolute Gasteiger partial charge is 0.461 e. The van der Waals surface area contributed by atoms with Gasteiger partial charge in [0.2, 0.25) is 0 Å². The molecule has 1 N–H and O–H groups in total. The van der Waals surface area contributed by atoms with E-state index >= 15 is 0 Å². The fourth-order valence-corrected chi connectivity index (χ4v) is 3.09. The summed E-state index contributed by atoms with van der Waals surface area (Å²) >= 11 is 0. The zero-order valence-corrected chi connectivity index (χ0v) is 11.1. The van der Waals surface area contributed by atoms with Crippen LogP contribution in [0.1, 0.15) is 52.4 Å². The van der Waals surface area contributed by atoms with E-state index in [1.807, 2.05) is 0 Å². The van der Waals surface area contributed by atoms with Crippen LogP contribution in [0.3, 0.4) is 0 Å². The predicted molar refractivity (Wildman–Crippen MR) is 67.7 cm³/mol. The van der Waals surface area contributed by atoms with Crippen LogP contribution in [0.4, 0.5) is 0 Å². The zero-order valence-electron chi connectivity index (χ0n) is 11.1. The van der Waals surface area contributed by atoms with Crippen LogP contribution >= 0.6 is 0 Å². The summed E-state index contributed by atoms with van der Waals surface area (Å²) in [4.78, 5) is 12.1. The van der Waals surface area contributed by atoms with E-state index < -0.39 is 0 Å². The Labute approximate surface area is 104 Å². The first-order chi connectivity index (χ1) is 8.16. The third-order valence-electron chi connectivity index (χ3n) is 4.19. The van der Waals surface area contributed by atoms with Gasteiger partial charge < -0.3 is 10.1 Å². The molecule has 1 saturated heterocycles. The number of hydrogen-bond acceptors (Lipinski definition) is 3. The Balaban J connectivity index is 1.83. The highest BCUT2D eigenvalue weighted by molar-refractivity contribution is 5.76. The van der Waals surface area contributed by atoms with Crippen molar-refractivity contribution < 1.29 is 9.53 Å². The summed E-state index contributed by atoms with van der Waals surface area (Å²) in [5, 5.41) is 3.29. The van der Waals surface area contributed by atoms with Crippen LogP contribution in [0, 0.1) is 11.8 Å². The SMILES string of the molecule is CC1CCCC(OC(=O)C2NCCCC2C)C1. The second kappa shape index (κ2) is 5.85.